The summed E-state index contributed by atoms with van der Waals surface area (Å²) >= 11 is 0. The van der Waals surface area contributed by atoms with Crippen molar-refractivity contribution >= 4 is 16.8 Å². The van der Waals surface area contributed by atoms with Crippen LogP contribution in [0.2, 0.25) is 0 Å². The molecule has 1 amide bonds. The number of aryl methyl sites for hydroxylation is 1. The standard InChI is InChI=1S/C31H43N3O3/c1-5-7-8-9-10-11-12-17-29(35)33(22-23-37-4)24(3)30-32-28-16-14-13-15-27(28)31(36)34(30)26-20-18-25(6-2)19-21-26/h13-16,18-21,24H,5-12,17,22-23H2,1-4H3. The van der Waals surface area contributed by atoms with Gasteiger partial charge in [0, 0.05) is 20.1 Å². The highest BCUT2D eigenvalue weighted by Gasteiger charge is 2.26. The number of carbonyl (C=O) groups excluding carboxylic acids is 1. The van der Waals surface area contributed by atoms with E-state index in [4.69, 9.17) is 9.72 Å². The number of unbranched alkanes of at least 4 members (excludes halogenated alkanes) is 6. The van der Waals surface area contributed by atoms with Crippen LogP contribution in [0.4, 0.5) is 0 Å². The second-order valence-corrected chi connectivity index (χ2v) is 9.77. The van der Waals surface area contributed by atoms with Crippen LogP contribution in [-0.4, -0.2) is 40.6 Å². The third-order valence-corrected chi connectivity index (χ3v) is 7.10. The van der Waals surface area contributed by atoms with Crippen LogP contribution in [0.25, 0.3) is 16.6 Å². The zero-order valence-corrected chi connectivity index (χ0v) is 23.0. The van der Waals surface area contributed by atoms with Crippen LogP contribution in [0, 0.1) is 0 Å². The lowest BCUT2D eigenvalue weighted by molar-refractivity contribution is -0.134. The van der Waals surface area contributed by atoms with Crippen LogP contribution >= 0.6 is 0 Å². The van der Waals surface area contributed by atoms with Gasteiger partial charge >= 0.3 is 0 Å². The molecule has 1 atom stereocenters. The fraction of sp³-hybridized carbons (Fsp3) is 0.516. The fourth-order valence-electron chi connectivity index (χ4n) is 4.80. The van der Waals surface area contributed by atoms with Crippen LogP contribution < -0.4 is 5.56 Å². The Labute approximate surface area is 221 Å². The van der Waals surface area contributed by atoms with Crippen molar-refractivity contribution in [3.05, 3.63) is 70.3 Å². The number of hydrogen-bond donors (Lipinski definition) is 0. The second-order valence-electron chi connectivity index (χ2n) is 9.77. The maximum atomic E-state index is 13.7. The molecule has 0 aliphatic heterocycles. The van der Waals surface area contributed by atoms with Crippen LogP contribution in [0.5, 0.6) is 0 Å². The lowest BCUT2D eigenvalue weighted by atomic mass is 10.1. The predicted octanol–water partition coefficient (Wildman–Crippen LogP) is 6.62. The Morgan fingerprint density at radius 1 is 0.973 bits per heavy atom. The topological polar surface area (TPSA) is 64.4 Å². The molecule has 0 bridgehead atoms. The minimum atomic E-state index is -0.393. The molecule has 3 aromatic rings. The van der Waals surface area contributed by atoms with E-state index in [2.05, 4.69) is 13.8 Å². The summed E-state index contributed by atoms with van der Waals surface area (Å²) in [6.45, 7) is 7.17. The van der Waals surface area contributed by atoms with Gasteiger partial charge in [-0.25, -0.2) is 4.98 Å². The van der Waals surface area contributed by atoms with Crippen molar-refractivity contribution < 1.29 is 9.53 Å². The van der Waals surface area contributed by atoms with Gasteiger partial charge in [-0.2, -0.15) is 0 Å². The number of carbonyl (C=O) groups is 1. The van der Waals surface area contributed by atoms with E-state index in [9.17, 15) is 9.59 Å². The normalized spacial score (nSPS) is 12.1. The molecule has 0 spiro atoms. The van der Waals surface area contributed by atoms with Gasteiger partial charge in [0.2, 0.25) is 5.91 Å². The van der Waals surface area contributed by atoms with E-state index in [-0.39, 0.29) is 11.5 Å². The van der Waals surface area contributed by atoms with Crippen molar-refractivity contribution in [1.82, 2.24) is 14.5 Å². The maximum absolute atomic E-state index is 13.7. The third kappa shape index (κ3) is 7.51. The molecule has 2 aromatic carbocycles. The summed E-state index contributed by atoms with van der Waals surface area (Å²) in [5, 5.41) is 0.566. The Kier molecular flexibility index (Phi) is 11.3. The Bertz CT molecular complexity index is 1190. The van der Waals surface area contributed by atoms with E-state index >= 15 is 0 Å². The molecule has 1 unspecified atom stereocenters. The summed E-state index contributed by atoms with van der Waals surface area (Å²) in [5.41, 5.74) is 2.48. The molecule has 6 heteroatoms. The summed E-state index contributed by atoms with van der Waals surface area (Å²) < 4.78 is 7.01. The van der Waals surface area contributed by atoms with E-state index in [1.165, 1.54) is 37.7 Å². The summed E-state index contributed by atoms with van der Waals surface area (Å²) in [7, 11) is 1.64. The minimum Gasteiger partial charge on any atom is -0.383 e. The maximum Gasteiger partial charge on any atom is 0.266 e. The molecule has 0 saturated carbocycles. The molecule has 0 aliphatic carbocycles. The lowest BCUT2D eigenvalue weighted by Gasteiger charge is -2.30. The molecular formula is C31H43N3O3. The van der Waals surface area contributed by atoms with Gasteiger partial charge in [-0.05, 0) is 49.6 Å². The molecule has 0 aliphatic rings. The molecule has 3 rings (SSSR count). The Balaban J connectivity index is 1.92. The summed E-state index contributed by atoms with van der Waals surface area (Å²) in [6, 6.07) is 15.0. The van der Waals surface area contributed by atoms with Gasteiger partial charge < -0.3 is 9.64 Å². The molecule has 0 saturated heterocycles. The molecule has 6 nitrogen and oxygen atoms in total. The summed E-state index contributed by atoms with van der Waals surface area (Å²) in [5.74, 6) is 0.644. The number of nitrogens with zero attached hydrogens (tertiary/aromatic N) is 3. The Morgan fingerprint density at radius 3 is 2.32 bits per heavy atom. The van der Waals surface area contributed by atoms with Crippen molar-refractivity contribution in [1.29, 1.82) is 0 Å². The average Bonchev–Trinajstić information content (AvgIpc) is 2.92. The van der Waals surface area contributed by atoms with E-state index in [0.717, 1.165) is 24.9 Å². The van der Waals surface area contributed by atoms with E-state index in [1.54, 1.807) is 11.7 Å². The predicted molar refractivity (Wildman–Crippen MR) is 151 cm³/mol. The number of amides is 1. The van der Waals surface area contributed by atoms with Gasteiger partial charge in [-0.15, -0.1) is 0 Å². The third-order valence-electron chi connectivity index (χ3n) is 7.10. The first-order chi connectivity index (χ1) is 18.0. The number of aromatic nitrogens is 2. The average molecular weight is 506 g/mol. The van der Waals surface area contributed by atoms with Gasteiger partial charge in [0.15, 0.2) is 0 Å². The highest BCUT2D eigenvalue weighted by Crippen LogP contribution is 2.24. The number of fused-ring (bicyclic) bond motifs is 1. The smallest absolute Gasteiger partial charge is 0.266 e. The molecule has 0 N–H and O–H groups in total. The van der Waals surface area contributed by atoms with Crippen molar-refractivity contribution in [3.63, 3.8) is 0 Å². The van der Waals surface area contributed by atoms with Gasteiger partial charge in [0.25, 0.3) is 5.56 Å². The summed E-state index contributed by atoms with van der Waals surface area (Å²) in [6.07, 6.45) is 9.53. The Hall–Kier alpha value is -2.99. The first-order valence-electron chi connectivity index (χ1n) is 13.9. The molecule has 1 aromatic heterocycles. The van der Waals surface area contributed by atoms with Crippen LogP contribution in [-0.2, 0) is 16.0 Å². The van der Waals surface area contributed by atoms with Gasteiger partial charge in [0.1, 0.15) is 5.82 Å². The highest BCUT2D eigenvalue weighted by atomic mass is 16.5. The van der Waals surface area contributed by atoms with Crippen molar-refractivity contribution in [3.8, 4) is 5.69 Å². The van der Waals surface area contributed by atoms with E-state index in [1.807, 2.05) is 60.4 Å². The Morgan fingerprint density at radius 2 is 1.65 bits per heavy atom. The molecule has 1 heterocycles. The quantitative estimate of drug-likeness (QED) is 0.218. The SMILES string of the molecule is CCCCCCCCCC(=O)N(CCOC)C(C)c1nc2ccccc2c(=O)n1-c1ccc(CC)cc1. The zero-order chi connectivity index (χ0) is 26.6. The van der Waals surface area contributed by atoms with Crippen LogP contribution in [0.15, 0.2) is 53.3 Å². The van der Waals surface area contributed by atoms with Crippen LogP contribution in [0.1, 0.15) is 89.6 Å². The minimum absolute atomic E-state index is 0.0772. The van der Waals surface area contributed by atoms with Crippen LogP contribution in [0.3, 0.4) is 0 Å². The lowest BCUT2D eigenvalue weighted by Crippen LogP contribution is -2.39. The molecular weight excluding hydrogens is 462 g/mol. The zero-order valence-electron chi connectivity index (χ0n) is 23.0. The molecule has 0 radical (unpaired) electrons. The largest absolute Gasteiger partial charge is 0.383 e. The van der Waals surface area contributed by atoms with Gasteiger partial charge in [-0.3, -0.25) is 14.2 Å². The van der Waals surface area contributed by atoms with E-state index in [0.29, 0.717) is 36.3 Å². The highest BCUT2D eigenvalue weighted by molar-refractivity contribution is 5.79. The number of methoxy groups -OCH3 is 1. The van der Waals surface area contributed by atoms with E-state index < -0.39 is 6.04 Å². The second kappa shape index (κ2) is 14.7. The fourth-order valence-corrected chi connectivity index (χ4v) is 4.80. The van der Waals surface area contributed by atoms with Gasteiger partial charge in [-0.1, -0.05) is 76.6 Å². The van der Waals surface area contributed by atoms with Crippen molar-refractivity contribution in [2.75, 3.05) is 20.3 Å². The number of rotatable bonds is 15. The molecule has 37 heavy (non-hydrogen) atoms. The molecule has 200 valence electrons. The molecule has 0 fully saturated rings. The number of para-hydroxylation sites is 1. The first-order valence-corrected chi connectivity index (χ1v) is 13.9. The monoisotopic (exact) mass is 505 g/mol. The number of hydrogen-bond acceptors (Lipinski definition) is 4. The number of benzene rings is 2. The summed E-state index contributed by atoms with van der Waals surface area (Å²) in [4.78, 5) is 33.9. The number of ether oxygens (including phenoxy) is 1. The van der Waals surface area contributed by atoms with Crippen molar-refractivity contribution in [2.24, 2.45) is 0 Å². The van der Waals surface area contributed by atoms with Crippen molar-refractivity contribution in [2.45, 2.75) is 84.6 Å². The van der Waals surface area contributed by atoms with Gasteiger partial charge in [0.05, 0.1) is 29.2 Å². The first kappa shape index (κ1) is 28.6.